The fourth-order valence-corrected chi connectivity index (χ4v) is 4.97. The molecule has 1 saturated carbocycles. The van der Waals surface area contributed by atoms with Crippen molar-refractivity contribution in [3.05, 3.63) is 35.9 Å². The fourth-order valence-electron chi connectivity index (χ4n) is 4.97. The van der Waals surface area contributed by atoms with Gasteiger partial charge >= 0.3 is 12.1 Å². The number of carbonyl (C=O) groups excluding carboxylic acids is 1. The third-order valence-corrected chi connectivity index (χ3v) is 7.06. The fraction of sp³-hybridized carbons (Fsp3) is 0.607. The molecule has 0 aliphatic heterocycles. The topological polar surface area (TPSA) is 38.8 Å². The van der Waals surface area contributed by atoms with Crippen molar-refractivity contribution in [3.8, 4) is 5.75 Å². The highest BCUT2D eigenvalue weighted by atomic mass is 19.4. The predicted molar refractivity (Wildman–Crippen MR) is 134 cm³/mol. The molecule has 1 aliphatic carbocycles. The maximum absolute atomic E-state index is 14.2. The van der Waals surface area contributed by atoms with Crippen LogP contribution in [0, 0.1) is 11.3 Å². The van der Waals surface area contributed by atoms with Crippen molar-refractivity contribution in [1.29, 1.82) is 0 Å². The van der Waals surface area contributed by atoms with Crippen LogP contribution in [-0.2, 0) is 15.7 Å². The van der Waals surface area contributed by atoms with Crippen molar-refractivity contribution < 1.29 is 27.4 Å². The number of anilines is 1. The van der Waals surface area contributed by atoms with Crippen molar-refractivity contribution >= 4 is 22.4 Å². The molecule has 1 aliphatic rings. The highest BCUT2D eigenvalue weighted by molar-refractivity contribution is 5.91. The van der Waals surface area contributed by atoms with E-state index >= 15 is 0 Å². The van der Waals surface area contributed by atoms with Gasteiger partial charge in [0.15, 0.2) is 0 Å². The molecule has 2 aromatic carbocycles. The molecule has 194 valence electrons. The van der Waals surface area contributed by atoms with Crippen LogP contribution < -0.4 is 9.64 Å². The molecule has 3 rings (SSSR count). The monoisotopic (exact) mass is 493 g/mol. The highest BCUT2D eigenvalue weighted by Crippen LogP contribution is 2.44. The maximum atomic E-state index is 14.2. The van der Waals surface area contributed by atoms with E-state index in [9.17, 15) is 18.0 Å². The van der Waals surface area contributed by atoms with E-state index in [1.807, 2.05) is 11.9 Å². The van der Waals surface area contributed by atoms with Crippen LogP contribution in [0.3, 0.4) is 0 Å². The van der Waals surface area contributed by atoms with E-state index < -0.39 is 11.7 Å². The van der Waals surface area contributed by atoms with Crippen molar-refractivity contribution in [2.45, 2.75) is 78.5 Å². The van der Waals surface area contributed by atoms with Crippen molar-refractivity contribution in [3.63, 3.8) is 0 Å². The SMILES string of the molecule is CCOC(=O)CCCN(C)c1ccc2c(C(F)(F)F)c(O[C@H]3CC[C@H](C(C)(C)C)CC3)ccc2c1. The number of fused-ring (bicyclic) bond motifs is 1. The van der Waals surface area contributed by atoms with Crippen LogP contribution >= 0.6 is 0 Å². The van der Waals surface area contributed by atoms with E-state index in [2.05, 4.69) is 20.8 Å². The molecule has 0 spiro atoms. The van der Waals surface area contributed by atoms with Gasteiger partial charge in [-0.2, -0.15) is 13.2 Å². The second kappa shape index (κ2) is 11.1. The molecule has 0 heterocycles. The lowest BCUT2D eigenvalue weighted by molar-refractivity contribution is -0.143. The van der Waals surface area contributed by atoms with Gasteiger partial charge in [0, 0.05) is 25.7 Å². The average Bonchev–Trinajstić information content (AvgIpc) is 2.77. The first-order valence-electron chi connectivity index (χ1n) is 12.6. The first kappa shape index (κ1) is 27.2. The smallest absolute Gasteiger partial charge is 0.420 e. The quantitative estimate of drug-likeness (QED) is 0.355. The van der Waals surface area contributed by atoms with Crippen LogP contribution in [0.5, 0.6) is 5.75 Å². The summed E-state index contributed by atoms with van der Waals surface area (Å²) in [7, 11) is 1.86. The van der Waals surface area contributed by atoms with Gasteiger partial charge in [-0.05, 0) is 79.3 Å². The minimum atomic E-state index is -4.52. The summed E-state index contributed by atoms with van der Waals surface area (Å²) < 4.78 is 53.5. The standard InChI is InChI=1S/C28H38F3NO3/c1-6-34-25(33)8-7-17-32(5)21-12-15-23-19(18-21)9-16-24(26(23)28(29,30)31)35-22-13-10-20(11-14-22)27(2,3)4/h9,12,15-16,18,20,22H,6-8,10-11,13-14,17H2,1-5H3/t20-,22-. The molecule has 0 saturated heterocycles. The van der Waals surface area contributed by atoms with Crippen LogP contribution in [0.15, 0.2) is 30.3 Å². The number of ether oxygens (including phenoxy) is 2. The van der Waals surface area contributed by atoms with E-state index in [0.717, 1.165) is 31.4 Å². The molecule has 7 heteroatoms. The maximum Gasteiger partial charge on any atom is 0.420 e. The van der Waals surface area contributed by atoms with E-state index in [1.54, 1.807) is 25.1 Å². The van der Waals surface area contributed by atoms with E-state index in [4.69, 9.17) is 9.47 Å². The lowest BCUT2D eigenvalue weighted by Crippen LogP contribution is -2.31. The summed E-state index contributed by atoms with van der Waals surface area (Å²) in [6.45, 7) is 9.37. The van der Waals surface area contributed by atoms with Gasteiger partial charge in [-0.1, -0.05) is 32.9 Å². The summed E-state index contributed by atoms with van der Waals surface area (Å²) in [4.78, 5) is 13.5. The number of rotatable bonds is 8. The van der Waals surface area contributed by atoms with Gasteiger partial charge in [0.1, 0.15) is 11.3 Å². The Kier molecular flexibility index (Phi) is 8.60. The molecule has 0 bridgehead atoms. The molecule has 35 heavy (non-hydrogen) atoms. The van der Waals surface area contributed by atoms with Gasteiger partial charge in [0.25, 0.3) is 0 Å². The molecule has 0 radical (unpaired) electrons. The summed E-state index contributed by atoms with van der Waals surface area (Å²) in [6, 6.07) is 8.15. The number of hydrogen-bond donors (Lipinski definition) is 0. The number of nitrogens with zero attached hydrogens (tertiary/aromatic N) is 1. The molecule has 4 nitrogen and oxygen atoms in total. The number of carbonyl (C=O) groups is 1. The molecule has 0 N–H and O–H groups in total. The molecule has 0 aromatic heterocycles. The first-order chi connectivity index (χ1) is 16.4. The zero-order chi connectivity index (χ0) is 25.8. The summed E-state index contributed by atoms with van der Waals surface area (Å²) in [5.41, 5.74) is 0.294. The van der Waals surface area contributed by atoms with E-state index in [1.165, 1.54) is 12.1 Å². The van der Waals surface area contributed by atoms with Crippen LogP contribution in [-0.4, -0.2) is 32.3 Å². The van der Waals surface area contributed by atoms with E-state index in [0.29, 0.717) is 37.3 Å². The number of hydrogen-bond acceptors (Lipinski definition) is 4. The van der Waals surface area contributed by atoms with Gasteiger partial charge in [0.2, 0.25) is 0 Å². The van der Waals surface area contributed by atoms with E-state index in [-0.39, 0.29) is 28.6 Å². The number of alkyl halides is 3. The Hall–Kier alpha value is -2.44. The number of halogens is 3. The predicted octanol–water partition coefficient (Wildman–Crippen LogP) is 7.62. The minimum absolute atomic E-state index is 0.0836. The minimum Gasteiger partial charge on any atom is -0.490 e. The molecule has 2 aromatic rings. The molecular formula is C28H38F3NO3. The lowest BCUT2D eigenvalue weighted by atomic mass is 9.72. The Balaban J connectivity index is 1.77. The normalized spacial score (nSPS) is 19.0. The van der Waals surface area contributed by atoms with Crippen molar-refractivity contribution in [2.75, 3.05) is 25.1 Å². The third-order valence-electron chi connectivity index (χ3n) is 7.06. The first-order valence-corrected chi connectivity index (χ1v) is 12.6. The summed E-state index contributed by atoms with van der Waals surface area (Å²) in [5.74, 6) is 0.238. The Morgan fingerprint density at radius 1 is 1.06 bits per heavy atom. The average molecular weight is 494 g/mol. The molecular weight excluding hydrogens is 455 g/mol. The summed E-state index contributed by atoms with van der Waals surface area (Å²) in [6.07, 6.45) is -0.334. The number of esters is 1. The molecule has 0 unspecified atom stereocenters. The van der Waals surface area contributed by atoms with Crippen LogP contribution in [0.1, 0.15) is 71.8 Å². The lowest BCUT2D eigenvalue weighted by Gasteiger charge is -2.37. The van der Waals surface area contributed by atoms with Crippen LogP contribution in [0.2, 0.25) is 0 Å². The largest absolute Gasteiger partial charge is 0.490 e. The van der Waals surface area contributed by atoms with Crippen LogP contribution in [0.4, 0.5) is 18.9 Å². The van der Waals surface area contributed by atoms with Crippen molar-refractivity contribution in [2.24, 2.45) is 11.3 Å². The zero-order valence-corrected chi connectivity index (χ0v) is 21.5. The zero-order valence-electron chi connectivity index (χ0n) is 21.5. The summed E-state index contributed by atoms with van der Waals surface area (Å²) >= 11 is 0. The van der Waals surface area contributed by atoms with Gasteiger partial charge in [-0.25, -0.2) is 0 Å². The third kappa shape index (κ3) is 7.05. The highest BCUT2D eigenvalue weighted by Gasteiger charge is 2.38. The van der Waals surface area contributed by atoms with Crippen molar-refractivity contribution in [1.82, 2.24) is 0 Å². The molecule has 0 amide bonds. The van der Waals surface area contributed by atoms with Gasteiger partial charge in [-0.3, -0.25) is 4.79 Å². The summed E-state index contributed by atoms with van der Waals surface area (Å²) in [5, 5.41) is 0.651. The molecule has 1 fully saturated rings. The Labute approximate surface area is 206 Å². The Morgan fingerprint density at radius 3 is 2.34 bits per heavy atom. The number of benzene rings is 2. The van der Waals surface area contributed by atoms with Gasteiger partial charge in [0.05, 0.1) is 12.7 Å². The Bertz CT molecular complexity index is 1000. The molecule has 0 atom stereocenters. The van der Waals surface area contributed by atoms with Gasteiger partial charge < -0.3 is 14.4 Å². The van der Waals surface area contributed by atoms with Crippen LogP contribution in [0.25, 0.3) is 10.8 Å². The van der Waals surface area contributed by atoms with Gasteiger partial charge in [-0.15, -0.1) is 0 Å². The second-order valence-corrected chi connectivity index (χ2v) is 10.6. The Morgan fingerprint density at radius 2 is 1.74 bits per heavy atom. The second-order valence-electron chi connectivity index (χ2n) is 10.6.